The molecule has 0 unspecified atom stereocenters. The molecule has 108 valence electrons. The first-order valence-corrected chi connectivity index (χ1v) is 7.01. The lowest BCUT2D eigenvalue weighted by Gasteiger charge is -2.08. The number of rotatable bonds is 4. The van der Waals surface area contributed by atoms with E-state index in [1.165, 1.54) is 0 Å². The smallest absolute Gasteiger partial charge is 0.235 e. The number of hydrogen-bond acceptors (Lipinski definition) is 5. The van der Waals surface area contributed by atoms with Gasteiger partial charge in [-0.05, 0) is 19.1 Å². The SMILES string of the molecule is CCNc1nc(Oc2ccc(Cl)c(Cl)c2)c2cn[nH]c2n1. The van der Waals surface area contributed by atoms with Crippen LogP contribution in [0.4, 0.5) is 5.95 Å². The molecule has 2 heterocycles. The Kier molecular flexibility index (Phi) is 3.81. The van der Waals surface area contributed by atoms with Gasteiger partial charge in [-0.2, -0.15) is 15.1 Å². The van der Waals surface area contributed by atoms with Crippen LogP contribution in [0.25, 0.3) is 11.0 Å². The van der Waals surface area contributed by atoms with Gasteiger partial charge in [-0.3, -0.25) is 5.10 Å². The first-order valence-electron chi connectivity index (χ1n) is 6.25. The molecule has 1 aromatic carbocycles. The molecule has 0 amide bonds. The third kappa shape index (κ3) is 2.86. The molecule has 0 radical (unpaired) electrons. The minimum absolute atomic E-state index is 0.392. The summed E-state index contributed by atoms with van der Waals surface area (Å²) in [6.45, 7) is 2.66. The van der Waals surface area contributed by atoms with Crippen LogP contribution in [-0.2, 0) is 0 Å². The summed E-state index contributed by atoms with van der Waals surface area (Å²) in [6, 6.07) is 5.01. The van der Waals surface area contributed by atoms with Crippen molar-refractivity contribution < 1.29 is 4.74 Å². The molecule has 0 spiro atoms. The van der Waals surface area contributed by atoms with E-state index in [1.807, 2.05) is 6.92 Å². The van der Waals surface area contributed by atoms with Crippen LogP contribution in [-0.4, -0.2) is 26.7 Å². The molecule has 0 saturated carbocycles. The largest absolute Gasteiger partial charge is 0.438 e. The zero-order valence-corrected chi connectivity index (χ0v) is 12.5. The molecule has 2 N–H and O–H groups in total. The first-order chi connectivity index (χ1) is 10.2. The number of halogens is 2. The van der Waals surface area contributed by atoms with Gasteiger partial charge in [-0.25, -0.2) is 0 Å². The summed E-state index contributed by atoms with van der Waals surface area (Å²) in [7, 11) is 0. The molecule has 0 aliphatic rings. The molecule has 0 aliphatic heterocycles. The topological polar surface area (TPSA) is 75.7 Å². The van der Waals surface area contributed by atoms with E-state index in [2.05, 4.69) is 25.5 Å². The normalized spacial score (nSPS) is 10.8. The number of ether oxygens (including phenoxy) is 1. The molecular weight excluding hydrogens is 313 g/mol. The van der Waals surface area contributed by atoms with Crippen molar-refractivity contribution >= 4 is 40.2 Å². The van der Waals surface area contributed by atoms with Gasteiger partial charge in [-0.1, -0.05) is 23.2 Å². The van der Waals surface area contributed by atoms with Crippen LogP contribution >= 0.6 is 23.2 Å². The quantitative estimate of drug-likeness (QED) is 0.761. The zero-order chi connectivity index (χ0) is 14.8. The molecule has 0 atom stereocenters. The highest BCUT2D eigenvalue weighted by Gasteiger charge is 2.12. The molecule has 0 bridgehead atoms. The van der Waals surface area contributed by atoms with Gasteiger partial charge >= 0.3 is 0 Å². The van der Waals surface area contributed by atoms with Crippen LogP contribution in [0, 0.1) is 0 Å². The third-order valence-corrected chi connectivity index (χ3v) is 3.45. The second kappa shape index (κ2) is 5.75. The molecule has 3 aromatic rings. The van der Waals surface area contributed by atoms with E-state index in [-0.39, 0.29) is 0 Å². The van der Waals surface area contributed by atoms with Crippen molar-refractivity contribution in [2.24, 2.45) is 0 Å². The fraction of sp³-hybridized carbons (Fsp3) is 0.154. The lowest BCUT2D eigenvalue weighted by Crippen LogP contribution is -2.03. The van der Waals surface area contributed by atoms with Gasteiger partial charge in [0.05, 0.1) is 16.2 Å². The maximum atomic E-state index is 5.98. The lowest BCUT2D eigenvalue weighted by atomic mass is 10.3. The molecule has 2 aromatic heterocycles. The summed E-state index contributed by atoms with van der Waals surface area (Å²) < 4.78 is 5.78. The lowest BCUT2D eigenvalue weighted by molar-refractivity contribution is 0.469. The second-order valence-electron chi connectivity index (χ2n) is 4.19. The van der Waals surface area contributed by atoms with E-state index >= 15 is 0 Å². The van der Waals surface area contributed by atoms with E-state index in [0.29, 0.717) is 45.2 Å². The molecule has 0 fully saturated rings. The van der Waals surface area contributed by atoms with Gasteiger partial charge < -0.3 is 10.1 Å². The van der Waals surface area contributed by atoms with Crippen molar-refractivity contribution in [2.75, 3.05) is 11.9 Å². The van der Waals surface area contributed by atoms with Crippen molar-refractivity contribution in [1.29, 1.82) is 0 Å². The molecule has 0 aliphatic carbocycles. The van der Waals surface area contributed by atoms with Gasteiger partial charge in [0.1, 0.15) is 11.1 Å². The summed E-state index contributed by atoms with van der Waals surface area (Å²) in [6.07, 6.45) is 1.61. The highest BCUT2D eigenvalue weighted by molar-refractivity contribution is 6.42. The fourth-order valence-electron chi connectivity index (χ4n) is 1.78. The number of fused-ring (bicyclic) bond motifs is 1. The number of H-pyrrole nitrogens is 1. The maximum Gasteiger partial charge on any atom is 0.235 e. The van der Waals surface area contributed by atoms with Gasteiger partial charge in [0.15, 0.2) is 5.65 Å². The van der Waals surface area contributed by atoms with Crippen LogP contribution in [0.1, 0.15) is 6.92 Å². The van der Waals surface area contributed by atoms with Crippen LogP contribution in [0.15, 0.2) is 24.4 Å². The number of nitrogens with zero attached hydrogens (tertiary/aromatic N) is 3. The minimum atomic E-state index is 0.392. The number of aromatic nitrogens is 4. The summed E-state index contributed by atoms with van der Waals surface area (Å²) in [5.74, 6) is 1.39. The third-order valence-electron chi connectivity index (χ3n) is 2.72. The first kappa shape index (κ1) is 13.9. The molecule has 21 heavy (non-hydrogen) atoms. The average molecular weight is 324 g/mol. The van der Waals surface area contributed by atoms with Crippen molar-refractivity contribution in [2.45, 2.75) is 6.92 Å². The Hall–Kier alpha value is -2.05. The zero-order valence-electron chi connectivity index (χ0n) is 11.0. The second-order valence-corrected chi connectivity index (χ2v) is 5.01. The van der Waals surface area contributed by atoms with Crippen LogP contribution < -0.4 is 10.1 Å². The van der Waals surface area contributed by atoms with Gasteiger partial charge in [-0.15, -0.1) is 0 Å². The number of aromatic amines is 1. The van der Waals surface area contributed by atoms with Crippen molar-refractivity contribution in [3.8, 4) is 11.6 Å². The Labute approximate surface area is 130 Å². The fourth-order valence-corrected chi connectivity index (χ4v) is 2.06. The Balaban J connectivity index is 2.01. The standard InChI is InChI=1S/C13H11Cl2N5O/c1-2-16-13-18-11-8(6-17-20-11)12(19-13)21-7-3-4-9(14)10(15)5-7/h3-6H,2H2,1H3,(H2,16,17,18,19,20). The van der Waals surface area contributed by atoms with Gasteiger partial charge in [0.2, 0.25) is 11.8 Å². The molecule has 8 heteroatoms. The predicted octanol–water partition coefficient (Wildman–Crippen LogP) is 3.88. The predicted molar refractivity (Wildman–Crippen MR) is 82.4 cm³/mol. The monoisotopic (exact) mass is 323 g/mol. The molecular formula is C13H11Cl2N5O. The van der Waals surface area contributed by atoms with Crippen molar-refractivity contribution in [3.63, 3.8) is 0 Å². The van der Waals surface area contributed by atoms with E-state index in [4.69, 9.17) is 27.9 Å². The summed E-state index contributed by atoms with van der Waals surface area (Å²) >= 11 is 11.9. The number of hydrogen-bond donors (Lipinski definition) is 2. The highest BCUT2D eigenvalue weighted by Crippen LogP contribution is 2.31. The number of anilines is 1. The minimum Gasteiger partial charge on any atom is -0.438 e. The van der Waals surface area contributed by atoms with Gasteiger partial charge in [0.25, 0.3) is 0 Å². The molecule has 3 rings (SSSR count). The molecule has 6 nitrogen and oxygen atoms in total. The summed E-state index contributed by atoms with van der Waals surface area (Å²) in [5.41, 5.74) is 0.594. The Morgan fingerprint density at radius 3 is 2.86 bits per heavy atom. The van der Waals surface area contributed by atoms with Crippen molar-refractivity contribution in [1.82, 2.24) is 20.2 Å². The van der Waals surface area contributed by atoms with E-state index < -0.39 is 0 Å². The number of benzene rings is 1. The Bertz CT molecular complexity index is 789. The number of nitrogens with one attached hydrogen (secondary N) is 2. The Morgan fingerprint density at radius 1 is 1.24 bits per heavy atom. The van der Waals surface area contributed by atoms with E-state index in [0.717, 1.165) is 0 Å². The van der Waals surface area contributed by atoms with Gasteiger partial charge in [0, 0.05) is 12.6 Å². The van der Waals surface area contributed by atoms with Crippen LogP contribution in [0.3, 0.4) is 0 Å². The van der Waals surface area contributed by atoms with Crippen LogP contribution in [0.5, 0.6) is 11.6 Å². The summed E-state index contributed by atoms with van der Waals surface area (Å²) in [5, 5.41) is 11.4. The molecule has 0 saturated heterocycles. The summed E-state index contributed by atoms with van der Waals surface area (Å²) in [4.78, 5) is 8.62. The highest BCUT2D eigenvalue weighted by atomic mass is 35.5. The maximum absolute atomic E-state index is 5.98. The van der Waals surface area contributed by atoms with E-state index in [9.17, 15) is 0 Å². The van der Waals surface area contributed by atoms with E-state index in [1.54, 1.807) is 24.4 Å². The Morgan fingerprint density at radius 2 is 2.10 bits per heavy atom. The van der Waals surface area contributed by atoms with Crippen LogP contribution in [0.2, 0.25) is 10.0 Å². The average Bonchev–Trinajstić information content (AvgIpc) is 2.92. The van der Waals surface area contributed by atoms with Crippen molar-refractivity contribution in [3.05, 3.63) is 34.4 Å².